The number of carboxylic acid groups (broad SMARTS) is 1. The molecule has 0 bridgehead atoms. The van der Waals surface area contributed by atoms with Gasteiger partial charge in [-0.25, -0.2) is 4.98 Å². The van der Waals surface area contributed by atoms with Crippen molar-refractivity contribution in [2.45, 2.75) is 25.7 Å². The van der Waals surface area contributed by atoms with E-state index in [9.17, 15) is 4.79 Å². The molecule has 28 heavy (non-hydrogen) atoms. The van der Waals surface area contributed by atoms with Crippen LogP contribution in [0.2, 0.25) is 0 Å². The molecular formula is C23H25N3O2. The van der Waals surface area contributed by atoms with E-state index in [2.05, 4.69) is 40.1 Å². The maximum absolute atomic E-state index is 10.7. The summed E-state index contributed by atoms with van der Waals surface area (Å²) in [4.78, 5) is 21.1. The lowest BCUT2D eigenvalue weighted by Crippen LogP contribution is -2.20. The molecule has 0 saturated carbocycles. The van der Waals surface area contributed by atoms with Crippen LogP contribution in [-0.2, 0) is 24.1 Å². The summed E-state index contributed by atoms with van der Waals surface area (Å²) in [6, 6.07) is 14.6. The lowest BCUT2D eigenvalue weighted by Gasteiger charge is -2.10. The topological polar surface area (TPSA) is 69.2 Å². The lowest BCUT2D eigenvalue weighted by molar-refractivity contribution is -0.136. The number of carboxylic acids is 1. The first kappa shape index (κ1) is 18.4. The predicted molar refractivity (Wildman–Crippen MR) is 110 cm³/mol. The van der Waals surface area contributed by atoms with Gasteiger partial charge in [-0.15, -0.1) is 0 Å². The second kappa shape index (κ2) is 7.98. The molecule has 1 aliphatic rings. The van der Waals surface area contributed by atoms with E-state index in [0.717, 1.165) is 48.6 Å². The number of aryl methyl sites for hydroxylation is 1. The first-order chi connectivity index (χ1) is 13.6. The van der Waals surface area contributed by atoms with Gasteiger partial charge in [-0.05, 0) is 54.6 Å². The molecule has 2 N–H and O–H groups in total. The molecule has 4 rings (SSSR count). The summed E-state index contributed by atoms with van der Waals surface area (Å²) >= 11 is 0. The zero-order valence-electron chi connectivity index (χ0n) is 16.1. The zero-order chi connectivity index (χ0) is 19.5. The summed E-state index contributed by atoms with van der Waals surface area (Å²) < 4.78 is 0. The van der Waals surface area contributed by atoms with Gasteiger partial charge in [-0.3, -0.25) is 4.79 Å². The summed E-state index contributed by atoms with van der Waals surface area (Å²) in [6.07, 6.45) is 4.77. The highest BCUT2D eigenvalue weighted by Gasteiger charge is 2.13. The molecule has 0 atom stereocenters. The molecule has 2 heterocycles. The number of fused-ring (bicyclic) bond motifs is 1. The van der Waals surface area contributed by atoms with Gasteiger partial charge in [0.25, 0.3) is 0 Å². The van der Waals surface area contributed by atoms with Crippen molar-refractivity contribution in [1.82, 2.24) is 14.9 Å². The summed E-state index contributed by atoms with van der Waals surface area (Å²) in [7, 11) is 2.18. The monoisotopic (exact) mass is 375 g/mol. The number of hydrogen-bond acceptors (Lipinski definition) is 3. The number of carbonyl (C=O) groups is 1. The van der Waals surface area contributed by atoms with Crippen LogP contribution in [0.3, 0.4) is 0 Å². The Hall–Kier alpha value is -2.92. The summed E-state index contributed by atoms with van der Waals surface area (Å²) in [6.45, 7) is 2.21. The van der Waals surface area contributed by atoms with Gasteiger partial charge in [0.2, 0.25) is 0 Å². The molecule has 5 nitrogen and oxygen atoms in total. The molecular weight excluding hydrogens is 350 g/mol. The van der Waals surface area contributed by atoms with Gasteiger partial charge in [0.1, 0.15) is 5.82 Å². The van der Waals surface area contributed by atoms with Gasteiger partial charge < -0.3 is 15.0 Å². The van der Waals surface area contributed by atoms with E-state index in [1.165, 1.54) is 16.7 Å². The highest BCUT2D eigenvalue weighted by molar-refractivity contribution is 5.67. The number of likely N-dealkylation sites (N-methyl/N-ethyl adjacent to an activating group) is 1. The number of imidazole rings is 1. The van der Waals surface area contributed by atoms with Crippen LogP contribution in [0.25, 0.3) is 22.6 Å². The Balaban J connectivity index is 1.52. The van der Waals surface area contributed by atoms with Crippen LogP contribution in [0, 0.1) is 0 Å². The first-order valence-electron chi connectivity index (χ1n) is 9.75. The Morgan fingerprint density at radius 3 is 2.54 bits per heavy atom. The van der Waals surface area contributed by atoms with Crippen LogP contribution >= 0.6 is 0 Å². The van der Waals surface area contributed by atoms with Gasteiger partial charge in [0, 0.05) is 25.1 Å². The molecule has 0 amide bonds. The number of hydrogen-bond donors (Lipinski definition) is 2. The van der Waals surface area contributed by atoms with E-state index in [0.29, 0.717) is 6.42 Å². The van der Waals surface area contributed by atoms with Crippen molar-refractivity contribution >= 4 is 5.97 Å². The lowest BCUT2D eigenvalue weighted by atomic mass is 9.99. The Morgan fingerprint density at radius 2 is 1.79 bits per heavy atom. The van der Waals surface area contributed by atoms with Gasteiger partial charge >= 0.3 is 5.97 Å². The molecule has 3 aromatic rings. The fraction of sp³-hybridized carbons (Fsp3) is 0.304. The van der Waals surface area contributed by atoms with E-state index in [1.807, 2.05) is 30.5 Å². The molecule has 1 aromatic heterocycles. The van der Waals surface area contributed by atoms with Crippen LogP contribution in [0.5, 0.6) is 0 Å². The van der Waals surface area contributed by atoms with E-state index in [-0.39, 0.29) is 6.42 Å². The number of benzene rings is 2. The second-order valence-corrected chi connectivity index (χ2v) is 7.52. The molecule has 1 aliphatic heterocycles. The molecule has 144 valence electrons. The van der Waals surface area contributed by atoms with Crippen LogP contribution < -0.4 is 0 Å². The van der Waals surface area contributed by atoms with E-state index in [1.54, 1.807) is 0 Å². The van der Waals surface area contributed by atoms with Crippen LogP contribution in [-0.4, -0.2) is 46.1 Å². The maximum atomic E-state index is 10.7. The van der Waals surface area contributed by atoms with Gasteiger partial charge in [0.15, 0.2) is 0 Å². The molecule has 0 spiro atoms. The Labute approximate surface area is 165 Å². The van der Waals surface area contributed by atoms with Gasteiger partial charge in [-0.2, -0.15) is 0 Å². The molecule has 0 aliphatic carbocycles. The molecule has 0 unspecified atom stereocenters. The van der Waals surface area contributed by atoms with Crippen LogP contribution in [0.1, 0.15) is 23.1 Å². The average molecular weight is 375 g/mol. The largest absolute Gasteiger partial charge is 0.481 e. The smallest absolute Gasteiger partial charge is 0.303 e. The molecule has 0 fully saturated rings. The summed E-state index contributed by atoms with van der Waals surface area (Å²) in [5.74, 6) is 0.0570. The van der Waals surface area contributed by atoms with Crippen molar-refractivity contribution in [3.8, 4) is 22.6 Å². The minimum absolute atomic E-state index is 0.151. The highest BCUT2D eigenvalue weighted by atomic mass is 16.4. The summed E-state index contributed by atoms with van der Waals surface area (Å²) in [5.41, 5.74) is 7.09. The van der Waals surface area contributed by atoms with E-state index < -0.39 is 5.97 Å². The normalized spacial score (nSPS) is 14.5. The fourth-order valence-electron chi connectivity index (χ4n) is 3.70. The standard InChI is InChI=1S/C23H25N3O2/c1-26-12-10-17-7-8-20(14-19(17)11-13-26)21-15-24-23(25-21)18-5-2-16(3-6-18)4-9-22(27)28/h2-3,5-8,14-15H,4,9-13H2,1H3,(H,24,25)(H,27,28). The third kappa shape index (κ3) is 4.15. The molecule has 2 aromatic carbocycles. The fourth-order valence-corrected chi connectivity index (χ4v) is 3.70. The van der Waals surface area contributed by atoms with E-state index in [4.69, 9.17) is 5.11 Å². The number of aliphatic carboxylic acids is 1. The third-order valence-electron chi connectivity index (χ3n) is 5.47. The zero-order valence-corrected chi connectivity index (χ0v) is 16.1. The number of nitrogens with one attached hydrogen (secondary N) is 1. The molecule has 5 heteroatoms. The average Bonchev–Trinajstić information content (AvgIpc) is 3.12. The predicted octanol–water partition coefficient (Wildman–Crippen LogP) is 3.79. The van der Waals surface area contributed by atoms with Gasteiger partial charge in [-0.1, -0.05) is 36.4 Å². The van der Waals surface area contributed by atoms with Crippen molar-refractivity contribution in [2.24, 2.45) is 0 Å². The maximum Gasteiger partial charge on any atom is 0.303 e. The quantitative estimate of drug-likeness (QED) is 0.712. The molecule has 0 saturated heterocycles. The van der Waals surface area contributed by atoms with Crippen molar-refractivity contribution in [3.05, 3.63) is 65.4 Å². The number of aromatic nitrogens is 2. The first-order valence-corrected chi connectivity index (χ1v) is 9.75. The third-order valence-corrected chi connectivity index (χ3v) is 5.47. The van der Waals surface area contributed by atoms with Crippen LogP contribution in [0.4, 0.5) is 0 Å². The second-order valence-electron chi connectivity index (χ2n) is 7.52. The number of H-pyrrole nitrogens is 1. The minimum Gasteiger partial charge on any atom is -0.481 e. The van der Waals surface area contributed by atoms with E-state index >= 15 is 0 Å². The number of rotatable bonds is 5. The van der Waals surface area contributed by atoms with Crippen LogP contribution in [0.15, 0.2) is 48.7 Å². The summed E-state index contributed by atoms with van der Waals surface area (Å²) in [5, 5.41) is 8.80. The number of aromatic amines is 1. The van der Waals surface area contributed by atoms with Gasteiger partial charge in [0.05, 0.1) is 11.9 Å². The Morgan fingerprint density at radius 1 is 1.07 bits per heavy atom. The molecule has 0 radical (unpaired) electrons. The Kier molecular flexibility index (Phi) is 5.26. The van der Waals surface area contributed by atoms with Crippen molar-refractivity contribution in [2.75, 3.05) is 20.1 Å². The Bertz CT molecular complexity index is 976. The van der Waals surface area contributed by atoms with Crippen molar-refractivity contribution in [1.29, 1.82) is 0 Å². The SMILES string of the molecule is CN1CCc2ccc(-c3cnc(-c4ccc(CCC(=O)O)cc4)[nH]3)cc2CC1. The highest BCUT2D eigenvalue weighted by Crippen LogP contribution is 2.26. The van der Waals surface area contributed by atoms with Crippen molar-refractivity contribution in [3.63, 3.8) is 0 Å². The minimum atomic E-state index is -0.771. The number of nitrogens with zero attached hydrogens (tertiary/aromatic N) is 2. The van der Waals surface area contributed by atoms with Crippen molar-refractivity contribution < 1.29 is 9.90 Å².